The number of carbonyl (C=O) groups is 2. The quantitative estimate of drug-likeness (QED) is 0.619. The molecule has 10 heteroatoms. The van der Waals surface area contributed by atoms with Gasteiger partial charge in [-0.2, -0.15) is 0 Å². The molecule has 0 aliphatic carbocycles. The van der Waals surface area contributed by atoms with Crippen molar-refractivity contribution >= 4 is 33.4 Å². The molecule has 4 N–H and O–H groups in total. The minimum absolute atomic E-state index is 0.00145. The molecule has 2 aromatic carbocycles. The fraction of sp³-hybridized carbons (Fsp3) is 0.176. The van der Waals surface area contributed by atoms with Gasteiger partial charge in [-0.1, -0.05) is 23.7 Å². The summed E-state index contributed by atoms with van der Waals surface area (Å²) in [4.78, 5) is 24.1. The highest BCUT2D eigenvalue weighted by Crippen LogP contribution is 2.22. The summed E-state index contributed by atoms with van der Waals surface area (Å²) in [6, 6.07) is 10.4. The van der Waals surface area contributed by atoms with E-state index in [2.05, 4.69) is 10.9 Å². The van der Waals surface area contributed by atoms with Crippen molar-refractivity contribution in [2.24, 2.45) is 5.14 Å². The number of primary sulfonamides is 1. The van der Waals surface area contributed by atoms with Crippen molar-refractivity contribution < 1.29 is 22.7 Å². The van der Waals surface area contributed by atoms with Gasteiger partial charge in [0.1, 0.15) is 5.75 Å². The number of nitrogens with one attached hydrogen (secondary N) is 2. The summed E-state index contributed by atoms with van der Waals surface area (Å²) in [5.74, 6) is -0.666. The maximum Gasteiger partial charge on any atom is 0.273 e. The molecule has 0 saturated carbocycles. The zero-order valence-corrected chi connectivity index (χ0v) is 15.9. The third-order valence-corrected chi connectivity index (χ3v) is 4.78. The first-order chi connectivity index (χ1) is 12.7. The lowest BCUT2D eigenvalue weighted by Crippen LogP contribution is -2.41. The van der Waals surface area contributed by atoms with Crippen LogP contribution in [0.5, 0.6) is 5.75 Å². The van der Waals surface area contributed by atoms with E-state index in [4.69, 9.17) is 21.5 Å². The van der Waals surface area contributed by atoms with E-state index in [0.29, 0.717) is 17.2 Å². The highest BCUT2D eigenvalue weighted by molar-refractivity contribution is 7.89. The summed E-state index contributed by atoms with van der Waals surface area (Å²) in [5.41, 5.74) is 5.53. The fourth-order valence-electron chi connectivity index (χ4n) is 2.22. The van der Waals surface area contributed by atoms with Crippen LogP contribution < -0.4 is 20.7 Å². The number of ether oxygens (including phenoxy) is 1. The van der Waals surface area contributed by atoms with Crippen molar-refractivity contribution in [1.29, 1.82) is 0 Å². The summed E-state index contributed by atoms with van der Waals surface area (Å²) in [6.07, 6.45) is 0.439. The number of hydrogen-bond acceptors (Lipinski definition) is 5. The van der Waals surface area contributed by atoms with Crippen LogP contribution in [0.2, 0.25) is 5.02 Å². The lowest BCUT2D eigenvalue weighted by Gasteiger charge is -2.11. The van der Waals surface area contributed by atoms with E-state index >= 15 is 0 Å². The molecule has 0 atom stereocenters. The molecule has 0 aromatic heterocycles. The third-order valence-electron chi connectivity index (χ3n) is 3.61. The molecule has 0 aliphatic rings. The van der Waals surface area contributed by atoms with E-state index in [9.17, 15) is 18.0 Å². The summed E-state index contributed by atoms with van der Waals surface area (Å²) >= 11 is 5.87. The van der Waals surface area contributed by atoms with Crippen LogP contribution in [-0.4, -0.2) is 27.3 Å². The zero-order chi connectivity index (χ0) is 20.0. The summed E-state index contributed by atoms with van der Waals surface area (Å²) in [6.45, 7) is 0. The molecule has 0 radical (unpaired) electrons. The summed E-state index contributed by atoms with van der Waals surface area (Å²) < 4.78 is 27.5. The van der Waals surface area contributed by atoms with Gasteiger partial charge in [0.05, 0.1) is 17.6 Å². The maximum atomic E-state index is 12.2. The Morgan fingerprint density at radius 2 is 1.78 bits per heavy atom. The molecule has 8 nitrogen and oxygen atoms in total. The van der Waals surface area contributed by atoms with Gasteiger partial charge in [0.2, 0.25) is 15.9 Å². The van der Waals surface area contributed by atoms with Crippen LogP contribution in [-0.2, 0) is 21.2 Å². The molecular formula is C17H18ClN3O5S. The molecule has 144 valence electrons. The number of sulfonamides is 1. The van der Waals surface area contributed by atoms with Gasteiger partial charge in [0.25, 0.3) is 5.91 Å². The number of aryl methyl sites for hydroxylation is 1. The number of hydrogen-bond donors (Lipinski definition) is 3. The molecule has 0 spiro atoms. The van der Waals surface area contributed by atoms with E-state index in [1.807, 2.05) is 0 Å². The van der Waals surface area contributed by atoms with Gasteiger partial charge in [-0.05, 0) is 42.3 Å². The molecule has 27 heavy (non-hydrogen) atoms. The Balaban J connectivity index is 1.88. The van der Waals surface area contributed by atoms with E-state index in [1.165, 1.54) is 25.3 Å². The van der Waals surface area contributed by atoms with E-state index in [0.717, 1.165) is 5.56 Å². The first-order valence-electron chi connectivity index (χ1n) is 7.75. The number of hydrazine groups is 1. The van der Waals surface area contributed by atoms with Crippen molar-refractivity contribution in [3.63, 3.8) is 0 Å². The topological polar surface area (TPSA) is 128 Å². The average Bonchev–Trinajstić information content (AvgIpc) is 2.64. The van der Waals surface area contributed by atoms with Crippen molar-refractivity contribution in [3.05, 3.63) is 58.6 Å². The fourth-order valence-corrected chi connectivity index (χ4v) is 2.91. The van der Waals surface area contributed by atoms with Gasteiger partial charge in [0.15, 0.2) is 0 Å². The second-order valence-corrected chi connectivity index (χ2v) is 7.53. The Labute approximate surface area is 161 Å². The van der Waals surface area contributed by atoms with Gasteiger partial charge in [-0.3, -0.25) is 20.4 Å². The minimum Gasteiger partial charge on any atom is -0.496 e. The van der Waals surface area contributed by atoms with E-state index in [1.54, 1.807) is 24.3 Å². The molecule has 2 aromatic rings. The summed E-state index contributed by atoms with van der Waals surface area (Å²) in [7, 11) is -2.33. The van der Waals surface area contributed by atoms with Gasteiger partial charge in [0, 0.05) is 11.4 Å². The third kappa shape index (κ3) is 5.95. The smallest absolute Gasteiger partial charge is 0.273 e. The Bertz CT molecular complexity index is 946. The molecular weight excluding hydrogens is 394 g/mol. The lowest BCUT2D eigenvalue weighted by molar-refractivity contribution is -0.121. The Hall–Kier alpha value is -2.62. The van der Waals surface area contributed by atoms with Crippen LogP contribution in [0, 0.1) is 0 Å². The monoisotopic (exact) mass is 411 g/mol. The van der Waals surface area contributed by atoms with E-state index in [-0.39, 0.29) is 16.9 Å². The van der Waals surface area contributed by atoms with Gasteiger partial charge in [-0.15, -0.1) is 0 Å². The van der Waals surface area contributed by atoms with Crippen LogP contribution in [0.25, 0.3) is 0 Å². The van der Waals surface area contributed by atoms with Gasteiger partial charge < -0.3 is 4.74 Å². The molecule has 0 heterocycles. The summed E-state index contributed by atoms with van der Waals surface area (Å²) in [5, 5.41) is 5.38. The largest absolute Gasteiger partial charge is 0.496 e. The molecule has 2 amide bonds. The molecule has 0 aliphatic heterocycles. The molecule has 0 bridgehead atoms. The zero-order valence-electron chi connectivity index (χ0n) is 14.4. The normalized spacial score (nSPS) is 10.9. The SMILES string of the molecule is COc1ccc(Cl)cc1C(=O)NNC(=O)CCc1ccc(S(N)(=O)=O)cc1. The number of halogens is 1. The van der Waals surface area contributed by atoms with Crippen molar-refractivity contribution in [2.45, 2.75) is 17.7 Å². The van der Waals surface area contributed by atoms with Crippen molar-refractivity contribution in [1.82, 2.24) is 10.9 Å². The Kier molecular flexibility index (Phi) is 6.78. The molecule has 0 unspecified atom stereocenters. The van der Waals surface area contributed by atoms with Crippen LogP contribution in [0.15, 0.2) is 47.4 Å². The molecule has 0 saturated heterocycles. The van der Waals surface area contributed by atoms with Crippen LogP contribution >= 0.6 is 11.6 Å². The number of nitrogens with two attached hydrogens (primary N) is 1. The highest BCUT2D eigenvalue weighted by Gasteiger charge is 2.14. The van der Waals surface area contributed by atoms with Crippen LogP contribution in [0.4, 0.5) is 0 Å². The van der Waals surface area contributed by atoms with Crippen LogP contribution in [0.3, 0.4) is 0 Å². The average molecular weight is 412 g/mol. The Morgan fingerprint density at radius 1 is 1.11 bits per heavy atom. The van der Waals surface area contributed by atoms with Crippen molar-refractivity contribution in [3.8, 4) is 5.75 Å². The predicted octanol–water partition coefficient (Wildman–Crippen LogP) is 1.39. The Morgan fingerprint density at radius 3 is 2.37 bits per heavy atom. The molecule has 2 rings (SSSR count). The number of benzene rings is 2. The highest BCUT2D eigenvalue weighted by atomic mass is 35.5. The number of carbonyl (C=O) groups excluding carboxylic acids is 2. The maximum absolute atomic E-state index is 12.2. The molecule has 0 fully saturated rings. The van der Waals surface area contributed by atoms with Crippen molar-refractivity contribution in [2.75, 3.05) is 7.11 Å². The number of rotatable bonds is 6. The van der Waals surface area contributed by atoms with Crippen LogP contribution in [0.1, 0.15) is 22.3 Å². The first kappa shape index (κ1) is 20.7. The van der Waals surface area contributed by atoms with E-state index < -0.39 is 21.8 Å². The first-order valence-corrected chi connectivity index (χ1v) is 9.67. The second kappa shape index (κ2) is 8.85. The number of amides is 2. The standard InChI is InChI=1S/C17H18ClN3O5S/c1-26-15-8-5-12(18)10-14(15)17(23)21-20-16(22)9-4-11-2-6-13(7-3-11)27(19,24)25/h2-3,5-8,10H,4,9H2,1H3,(H,20,22)(H,21,23)(H2,19,24,25). The lowest BCUT2D eigenvalue weighted by atomic mass is 10.1. The minimum atomic E-state index is -3.75. The van der Waals surface area contributed by atoms with Gasteiger partial charge >= 0.3 is 0 Å². The van der Waals surface area contributed by atoms with Gasteiger partial charge in [-0.25, -0.2) is 13.6 Å². The second-order valence-electron chi connectivity index (χ2n) is 5.54. The number of methoxy groups -OCH3 is 1. The predicted molar refractivity (Wildman–Crippen MR) is 99.7 cm³/mol.